The van der Waals surface area contributed by atoms with E-state index < -0.39 is 0 Å². The molecule has 0 fully saturated rings. The molecule has 1 aliphatic carbocycles. The second-order valence-corrected chi connectivity index (χ2v) is 3.80. The molecule has 1 nitrogen and oxygen atoms in total. The van der Waals surface area contributed by atoms with Gasteiger partial charge in [0, 0.05) is 12.8 Å². The molecule has 1 atom stereocenters. The van der Waals surface area contributed by atoms with E-state index in [0.29, 0.717) is 0 Å². The molecule has 0 aromatic heterocycles. The lowest BCUT2D eigenvalue weighted by molar-refractivity contribution is 0.222. The molecule has 3 rings (SSSR count). The van der Waals surface area contributed by atoms with E-state index in [0.717, 1.165) is 18.6 Å². The SMILES string of the molecule is C1=CCC2Oc3ccccc3CC2=C1. The topological polar surface area (TPSA) is 9.23 Å². The highest BCUT2D eigenvalue weighted by atomic mass is 16.5. The van der Waals surface area contributed by atoms with Gasteiger partial charge in [0.25, 0.3) is 0 Å². The highest BCUT2D eigenvalue weighted by Crippen LogP contribution is 2.32. The number of fused-ring (bicyclic) bond motifs is 2. The zero-order valence-corrected chi connectivity index (χ0v) is 7.94. The first-order valence-corrected chi connectivity index (χ1v) is 5.03. The van der Waals surface area contributed by atoms with Crippen molar-refractivity contribution in [3.8, 4) is 5.75 Å². The van der Waals surface area contributed by atoms with Crippen molar-refractivity contribution in [2.75, 3.05) is 0 Å². The minimum atomic E-state index is 0.287. The molecule has 1 heteroatoms. The fourth-order valence-electron chi connectivity index (χ4n) is 2.09. The maximum Gasteiger partial charge on any atom is 0.124 e. The third-order valence-electron chi connectivity index (χ3n) is 2.85. The summed E-state index contributed by atoms with van der Waals surface area (Å²) in [5.41, 5.74) is 2.72. The first kappa shape index (κ1) is 7.86. The number of benzene rings is 1. The van der Waals surface area contributed by atoms with Crippen molar-refractivity contribution in [2.45, 2.75) is 18.9 Å². The van der Waals surface area contributed by atoms with Crippen molar-refractivity contribution in [3.63, 3.8) is 0 Å². The summed E-state index contributed by atoms with van der Waals surface area (Å²) in [6.07, 6.45) is 8.83. The second-order valence-electron chi connectivity index (χ2n) is 3.80. The van der Waals surface area contributed by atoms with E-state index in [1.165, 1.54) is 11.1 Å². The summed E-state index contributed by atoms with van der Waals surface area (Å²) in [6, 6.07) is 8.31. The third-order valence-corrected chi connectivity index (χ3v) is 2.85. The Labute approximate surface area is 83.7 Å². The Morgan fingerprint density at radius 3 is 3.14 bits per heavy atom. The van der Waals surface area contributed by atoms with Crippen LogP contribution in [0.15, 0.2) is 48.1 Å². The summed E-state index contributed by atoms with van der Waals surface area (Å²) in [7, 11) is 0. The minimum Gasteiger partial charge on any atom is -0.485 e. The van der Waals surface area contributed by atoms with Gasteiger partial charge in [-0.15, -0.1) is 0 Å². The largest absolute Gasteiger partial charge is 0.485 e. The lowest BCUT2D eigenvalue weighted by Gasteiger charge is -2.29. The molecule has 70 valence electrons. The van der Waals surface area contributed by atoms with Gasteiger partial charge in [-0.1, -0.05) is 36.4 Å². The molecule has 14 heavy (non-hydrogen) atoms. The van der Waals surface area contributed by atoms with Crippen LogP contribution in [0, 0.1) is 0 Å². The van der Waals surface area contributed by atoms with Crippen LogP contribution in [0.4, 0.5) is 0 Å². The Bertz CT molecular complexity index is 415. The average Bonchev–Trinajstić information content (AvgIpc) is 2.26. The molecule has 2 aliphatic rings. The normalized spacial score (nSPS) is 23.1. The Morgan fingerprint density at radius 1 is 1.21 bits per heavy atom. The van der Waals surface area contributed by atoms with Gasteiger partial charge in [-0.25, -0.2) is 0 Å². The van der Waals surface area contributed by atoms with Crippen LogP contribution in [0.25, 0.3) is 0 Å². The van der Waals surface area contributed by atoms with E-state index in [1.54, 1.807) is 0 Å². The third kappa shape index (κ3) is 1.17. The smallest absolute Gasteiger partial charge is 0.124 e. The molecular weight excluding hydrogens is 172 g/mol. The Hall–Kier alpha value is -1.50. The molecule has 0 N–H and O–H groups in total. The summed E-state index contributed by atoms with van der Waals surface area (Å²) >= 11 is 0. The number of hydrogen-bond donors (Lipinski definition) is 0. The van der Waals surface area contributed by atoms with Gasteiger partial charge in [-0.05, 0) is 17.2 Å². The first-order chi connectivity index (χ1) is 6.93. The molecule has 0 radical (unpaired) electrons. The zero-order chi connectivity index (χ0) is 9.38. The molecule has 1 aliphatic heterocycles. The molecule has 0 saturated carbocycles. The molecule has 1 unspecified atom stereocenters. The molecule has 0 amide bonds. The lowest BCUT2D eigenvalue weighted by Crippen LogP contribution is -2.26. The highest BCUT2D eigenvalue weighted by Gasteiger charge is 2.23. The second kappa shape index (κ2) is 3.02. The van der Waals surface area contributed by atoms with E-state index in [2.05, 4.69) is 36.4 Å². The molecule has 0 saturated heterocycles. The Balaban J connectivity index is 2.03. The molecule has 0 bridgehead atoms. The van der Waals surface area contributed by atoms with E-state index in [4.69, 9.17) is 4.74 Å². The predicted molar refractivity (Wildman–Crippen MR) is 56.4 cm³/mol. The van der Waals surface area contributed by atoms with Crippen LogP contribution in [-0.4, -0.2) is 6.10 Å². The highest BCUT2D eigenvalue weighted by molar-refractivity contribution is 5.42. The van der Waals surface area contributed by atoms with E-state index in [9.17, 15) is 0 Å². The summed E-state index contributed by atoms with van der Waals surface area (Å²) in [5.74, 6) is 1.06. The van der Waals surface area contributed by atoms with Gasteiger partial charge in [0.15, 0.2) is 0 Å². The van der Waals surface area contributed by atoms with Crippen molar-refractivity contribution >= 4 is 0 Å². The standard InChI is InChI=1S/C13H12O/c1-3-7-12-10(5-1)9-11-6-2-4-8-13(11)14-12/h1-7,13H,8-9H2. The number of rotatable bonds is 0. The van der Waals surface area contributed by atoms with Crippen LogP contribution in [0.3, 0.4) is 0 Å². The summed E-state index contributed by atoms with van der Waals surface area (Å²) in [5, 5.41) is 0. The minimum absolute atomic E-state index is 0.287. The van der Waals surface area contributed by atoms with Crippen LogP contribution in [0.1, 0.15) is 12.0 Å². The first-order valence-electron chi connectivity index (χ1n) is 5.03. The quantitative estimate of drug-likeness (QED) is 0.602. The Morgan fingerprint density at radius 2 is 2.14 bits per heavy atom. The number of hydrogen-bond acceptors (Lipinski definition) is 1. The predicted octanol–water partition coefficient (Wildman–Crippen LogP) is 2.88. The fourth-order valence-corrected chi connectivity index (χ4v) is 2.09. The maximum atomic E-state index is 5.92. The van der Waals surface area contributed by atoms with E-state index in [-0.39, 0.29) is 6.10 Å². The average molecular weight is 184 g/mol. The molecule has 0 spiro atoms. The van der Waals surface area contributed by atoms with Crippen molar-refractivity contribution in [1.29, 1.82) is 0 Å². The lowest BCUT2D eigenvalue weighted by atomic mass is 9.92. The summed E-state index contributed by atoms with van der Waals surface area (Å²) < 4.78 is 5.92. The van der Waals surface area contributed by atoms with Crippen molar-refractivity contribution < 1.29 is 4.74 Å². The van der Waals surface area contributed by atoms with Crippen molar-refractivity contribution in [3.05, 3.63) is 53.6 Å². The van der Waals surface area contributed by atoms with Gasteiger partial charge < -0.3 is 4.74 Å². The number of ether oxygens (including phenoxy) is 1. The van der Waals surface area contributed by atoms with E-state index in [1.807, 2.05) is 6.07 Å². The molecule has 1 heterocycles. The van der Waals surface area contributed by atoms with Gasteiger partial charge in [-0.2, -0.15) is 0 Å². The van der Waals surface area contributed by atoms with Crippen LogP contribution in [-0.2, 0) is 6.42 Å². The fraction of sp³-hybridized carbons (Fsp3) is 0.231. The van der Waals surface area contributed by atoms with Crippen LogP contribution >= 0.6 is 0 Å². The molecular formula is C13H12O. The van der Waals surface area contributed by atoms with Gasteiger partial charge in [0.05, 0.1) is 0 Å². The van der Waals surface area contributed by atoms with Gasteiger partial charge >= 0.3 is 0 Å². The van der Waals surface area contributed by atoms with Crippen LogP contribution in [0.5, 0.6) is 5.75 Å². The van der Waals surface area contributed by atoms with Gasteiger partial charge in [0.2, 0.25) is 0 Å². The van der Waals surface area contributed by atoms with Crippen molar-refractivity contribution in [2.24, 2.45) is 0 Å². The molecule has 1 aromatic carbocycles. The van der Waals surface area contributed by atoms with Gasteiger partial charge in [-0.3, -0.25) is 0 Å². The number of para-hydroxylation sites is 1. The molecule has 1 aromatic rings. The van der Waals surface area contributed by atoms with Crippen LogP contribution < -0.4 is 4.74 Å². The van der Waals surface area contributed by atoms with E-state index >= 15 is 0 Å². The summed E-state index contributed by atoms with van der Waals surface area (Å²) in [6.45, 7) is 0. The number of allylic oxidation sites excluding steroid dienone is 2. The van der Waals surface area contributed by atoms with Crippen LogP contribution in [0.2, 0.25) is 0 Å². The summed E-state index contributed by atoms with van der Waals surface area (Å²) in [4.78, 5) is 0. The zero-order valence-electron chi connectivity index (χ0n) is 7.94. The maximum absolute atomic E-state index is 5.92. The van der Waals surface area contributed by atoms with Gasteiger partial charge in [0.1, 0.15) is 11.9 Å². The van der Waals surface area contributed by atoms with Crippen molar-refractivity contribution in [1.82, 2.24) is 0 Å². The Kier molecular flexibility index (Phi) is 1.69. The monoisotopic (exact) mass is 184 g/mol.